The fourth-order valence-corrected chi connectivity index (χ4v) is 4.21. The lowest BCUT2D eigenvalue weighted by atomic mass is 10.2. The number of hydrogen-bond donors (Lipinski definition) is 1. The molecule has 0 fully saturated rings. The van der Waals surface area contributed by atoms with Gasteiger partial charge in [0.05, 0.1) is 11.1 Å². The number of aromatic nitrogens is 4. The number of hydrogen-bond acceptors (Lipinski definition) is 6. The number of thiazole rings is 1. The van der Waals surface area contributed by atoms with Crippen LogP contribution in [-0.4, -0.2) is 25.9 Å². The van der Waals surface area contributed by atoms with Crippen molar-refractivity contribution in [1.82, 2.24) is 20.0 Å². The van der Waals surface area contributed by atoms with Crippen LogP contribution in [0.2, 0.25) is 0 Å². The zero-order valence-corrected chi connectivity index (χ0v) is 15.3. The average molecular weight is 369 g/mol. The lowest BCUT2D eigenvalue weighted by Crippen LogP contribution is -2.34. The molecule has 134 valence electrons. The molecule has 0 unspecified atom stereocenters. The second kappa shape index (κ2) is 6.95. The number of rotatable bonds is 3. The second-order valence-electron chi connectivity index (χ2n) is 6.47. The van der Waals surface area contributed by atoms with Crippen molar-refractivity contribution in [3.63, 3.8) is 0 Å². The molecular formula is C18H19N5O2S. The van der Waals surface area contributed by atoms with E-state index in [9.17, 15) is 9.59 Å². The van der Waals surface area contributed by atoms with E-state index in [0.717, 1.165) is 29.6 Å². The van der Waals surface area contributed by atoms with Crippen LogP contribution in [0.15, 0.2) is 29.1 Å². The van der Waals surface area contributed by atoms with Crippen LogP contribution in [0.5, 0.6) is 0 Å². The Kier molecular flexibility index (Phi) is 4.50. The van der Waals surface area contributed by atoms with Gasteiger partial charge in [-0.15, -0.1) is 16.4 Å². The minimum atomic E-state index is -0.775. The Morgan fingerprint density at radius 2 is 2.04 bits per heavy atom. The average Bonchev–Trinajstić information content (AvgIpc) is 2.89. The molecule has 1 N–H and O–H groups in total. The van der Waals surface area contributed by atoms with E-state index in [2.05, 4.69) is 20.6 Å². The van der Waals surface area contributed by atoms with Gasteiger partial charge < -0.3 is 5.32 Å². The molecule has 0 aliphatic heterocycles. The molecule has 2 aromatic heterocycles. The molecule has 0 saturated heterocycles. The van der Waals surface area contributed by atoms with Gasteiger partial charge in [-0.2, -0.15) is 4.68 Å². The molecule has 0 radical (unpaired) electrons. The van der Waals surface area contributed by atoms with Gasteiger partial charge in [-0.25, -0.2) is 4.98 Å². The highest BCUT2D eigenvalue weighted by Gasteiger charge is 2.21. The van der Waals surface area contributed by atoms with Gasteiger partial charge in [0.1, 0.15) is 11.6 Å². The van der Waals surface area contributed by atoms with Crippen molar-refractivity contribution in [3.05, 3.63) is 45.2 Å². The molecule has 1 aliphatic rings. The molecule has 8 heteroatoms. The standard InChI is InChI=1S/C18H19N5O2S/c1-11(23-17(25)12-7-5-6-8-13(12)21-22-23)16(24)20-18-19-14-9-3-2-4-10-15(14)26-18/h5-8,11H,2-4,9-10H2,1H3,(H,19,20,24)/t11-/m1/s1. The van der Waals surface area contributed by atoms with Gasteiger partial charge >= 0.3 is 0 Å². The number of benzene rings is 1. The predicted molar refractivity (Wildman–Crippen MR) is 101 cm³/mol. The fourth-order valence-electron chi connectivity index (χ4n) is 3.16. The number of carbonyl (C=O) groups excluding carboxylic acids is 1. The Bertz CT molecular complexity index is 1000. The van der Waals surface area contributed by atoms with Crippen LogP contribution >= 0.6 is 11.3 Å². The summed E-state index contributed by atoms with van der Waals surface area (Å²) in [7, 11) is 0. The van der Waals surface area contributed by atoms with Crippen LogP contribution in [0.25, 0.3) is 10.9 Å². The van der Waals surface area contributed by atoms with Gasteiger partial charge in [0.2, 0.25) is 0 Å². The van der Waals surface area contributed by atoms with Crippen LogP contribution in [0, 0.1) is 0 Å². The summed E-state index contributed by atoms with van der Waals surface area (Å²) in [6.07, 6.45) is 5.52. The molecule has 0 bridgehead atoms. The van der Waals surface area contributed by atoms with Gasteiger partial charge in [-0.1, -0.05) is 23.8 Å². The first-order valence-corrected chi connectivity index (χ1v) is 9.59. The predicted octanol–water partition coefficient (Wildman–Crippen LogP) is 2.72. The summed E-state index contributed by atoms with van der Waals surface area (Å²) in [5.74, 6) is -0.319. The largest absolute Gasteiger partial charge is 0.300 e. The van der Waals surface area contributed by atoms with E-state index in [4.69, 9.17) is 0 Å². The third kappa shape index (κ3) is 3.12. The van der Waals surface area contributed by atoms with Gasteiger partial charge in [0.25, 0.3) is 11.5 Å². The number of amides is 1. The lowest BCUT2D eigenvalue weighted by Gasteiger charge is -2.12. The lowest BCUT2D eigenvalue weighted by molar-refractivity contribution is -0.119. The van der Waals surface area contributed by atoms with Crippen LogP contribution in [0.3, 0.4) is 0 Å². The van der Waals surface area contributed by atoms with Crippen LogP contribution < -0.4 is 10.9 Å². The Morgan fingerprint density at radius 3 is 2.92 bits per heavy atom. The third-order valence-electron chi connectivity index (χ3n) is 4.66. The highest BCUT2D eigenvalue weighted by molar-refractivity contribution is 7.15. The highest BCUT2D eigenvalue weighted by Crippen LogP contribution is 2.29. The van der Waals surface area contributed by atoms with Crippen molar-refractivity contribution >= 4 is 33.3 Å². The van der Waals surface area contributed by atoms with Crippen molar-refractivity contribution in [2.75, 3.05) is 5.32 Å². The number of carbonyl (C=O) groups is 1. The SMILES string of the molecule is C[C@H](C(=O)Nc1nc2c(s1)CCCCC2)n1nnc2ccccc2c1=O. The summed E-state index contributed by atoms with van der Waals surface area (Å²) in [5, 5.41) is 11.8. The number of aryl methyl sites for hydroxylation is 2. The minimum Gasteiger partial charge on any atom is -0.300 e. The van der Waals surface area contributed by atoms with Gasteiger partial charge in [0.15, 0.2) is 5.13 Å². The Balaban J connectivity index is 1.57. The first-order valence-electron chi connectivity index (χ1n) is 8.77. The van der Waals surface area contributed by atoms with Crippen molar-refractivity contribution in [2.45, 2.75) is 45.1 Å². The van der Waals surface area contributed by atoms with E-state index in [1.165, 1.54) is 29.1 Å². The first-order chi connectivity index (χ1) is 12.6. The van der Waals surface area contributed by atoms with E-state index in [1.807, 2.05) is 0 Å². The topological polar surface area (TPSA) is 89.8 Å². The second-order valence-corrected chi connectivity index (χ2v) is 7.55. The quantitative estimate of drug-likeness (QED) is 0.717. The molecule has 7 nitrogen and oxygen atoms in total. The number of fused-ring (bicyclic) bond motifs is 2. The van der Waals surface area contributed by atoms with Crippen LogP contribution in [0.4, 0.5) is 5.13 Å². The Hall–Kier alpha value is -2.61. The molecule has 0 spiro atoms. The number of anilines is 1. The molecule has 1 aliphatic carbocycles. The van der Waals surface area contributed by atoms with Crippen LogP contribution in [-0.2, 0) is 17.6 Å². The molecular weight excluding hydrogens is 350 g/mol. The molecule has 4 rings (SSSR count). The summed E-state index contributed by atoms with van der Waals surface area (Å²) < 4.78 is 1.12. The smallest absolute Gasteiger partial charge is 0.278 e. The maximum absolute atomic E-state index is 12.6. The van der Waals surface area contributed by atoms with E-state index in [0.29, 0.717) is 16.0 Å². The molecule has 3 aromatic rings. The first kappa shape index (κ1) is 16.8. The number of nitrogens with one attached hydrogen (secondary N) is 1. The van der Waals surface area contributed by atoms with Crippen molar-refractivity contribution in [2.24, 2.45) is 0 Å². The zero-order valence-electron chi connectivity index (χ0n) is 14.4. The molecule has 0 saturated carbocycles. The summed E-state index contributed by atoms with van der Waals surface area (Å²) >= 11 is 1.53. The molecule has 1 atom stereocenters. The van der Waals surface area contributed by atoms with Crippen molar-refractivity contribution in [3.8, 4) is 0 Å². The maximum atomic E-state index is 12.6. The summed E-state index contributed by atoms with van der Waals surface area (Å²) in [6, 6.07) is 6.20. The summed E-state index contributed by atoms with van der Waals surface area (Å²) in [4.78, 5) is 31.0. The molecule has 26 heavy (non-hydrogen) atoms. The van der Waals surface area contributed by atoms with E-state index in [1.54, 1.807) is 31.2 Å². The monoisotopic (exact) mass is 369 g/mol. The van der Waals surface area contributed by atoms with Gasteiger partial charge in [0, 0.05) is 4.88 Å². The summed E-state index contributed by atoms with van der Waals surface area (Å²) in [5.41, 5.74) is 1.29. The van der Waals surface area contributed by atoms with Crippen molar-refractivity contribution < 1.29 is 4.79 Å². The normalized spacial score (nSPS) is 15.3. The van der Waals surface area contributed by atoms with Gasteiger partial charge in [-0.05, 0) is 44.7 Å². The fraction of sp³-hybridized carbons (Fsp3) is 0.389. The van der Waals surface area contributed by atoms with Crippen molar-refractivity contribution in [1.29, 1.82) is 0 Å². The molecule has 1 amide bonds. The Morgan fingerprint density at radius 1 is 1.23 bits per heavy atom. The molecule has 2 heterocycles. The third-order valence-corrected chi connectivity index (χ3v) is 5.74. The molecule has 1 aromatic carbocycles. The van der Waals surface area contributed by atoms with Crippen LogP contribution in [0.1, 0.15) is 42.8 Å². The van der Waals surface area contributed by atoms with E-state index >= 15 is 0 Å². The zero-order chi connectivity index (χ0) is 18.1. The number of nitrogens with zero attached hydrogens (tertiary/aromatic N) is 4. The van der Waals surface area contributed by atoms with Gasteiger partial charge in [-0.3, -0.25) is 9.59 Å². The highest BCUT2D eigenvalue weighted by atomic mass is 32.1. The minimum absolute atomic E-state index is 0.319. The van der Waals surface area contributed by atoms with E-state index in [-0.39, 0.29) is 11.5 Å². The summed E-state index contributed by atoms with van der Waals surface area (Å²) in [6.45, 7) is 1.64. The Labute approximate surface area is 154 Å². The van der Waals surface area contributed by atoms with E-state index < -0.39 is 6.04 Å². The maximum Gasteiger partial charge on any atom is 0.278 e.